The van der Waals surface area contributed by atoms with E-state index >= 15 is 0 Å². The Kier molecular flexibility index (Phi) is 9.77. The molecule has 0 heterocycles. The van der Waals surface area contributed by atoms with E-state index < -0.39 is 0 Å². The van der Waals surface area contributed by atoms with Crippen LogP contribution in [0.15, 0.2) is 0 Å². The van der Waals surface area contributed by atoms with Crippen LogP contribution in [0.25, 0.3) is 0 Å². The first-order valence-electron chi connectivity index (χ1n) is 4.12. The van der Waals surface area contributed by atoms with Gasteiger partial charge in [-0.1, -0.05) is 39.0 Å². The molecule has 3 nitrogen and oxygen atoms in total. The second kappa shape index (κ2) is 9.88. The minimum Gasteiger partial charge on any atom is -0.204 e. The van der Waals surface area contributed by atoms with Crippen LogP contribution in [0.5, 0.6) is 0 Å². The summed E-state index contributed by atoms with van der Waals surface area (Å²) in [5.41, 5.74) is 0. The first-order chi connectivity index (χ1) is 5.41. The Labute approximate surface area is 68.2 Å². The molecule has 66 valence electrons. The van der Waals surface area contributed by atoms with E-state index in [0.717, 1.165) is 19.3 Å². The highest BCUT2D eigenvalue weighted by Gasteiger charge is 1.90. The van der Waals surface area contributed by atoms with Crippen LogP contribution < -0.4 is 0 Å². The predicted molar refractivity (Wildman–Crippen MR) is 40.8 cm³/mol. The van der Waals surface area contributed by atoms with Crippen molar-refractivity contribution in [1.29, 1.82) is 0 Å². The Hall–Kier alpha value is -0.120. The Balaban J connectivity index is 2.69. The van der Waals surface area contributed by atoms with Crippen LogP contribution in [-0.4, -0.2) is 6.61 Å². The van der Waals surface area contributed by atoms with Gasteiger partial charge in [0.2, 0.25) is 0 Å². The molecule has 3 heteroatoms. The average molecular weight is 160 g/mol. The summed E-state index contributed by atoms with van der Waals surface area (Å²) in [6.45, 7) is 4.16. The molecule has 0 bridgehead atoms. The molecule has 0 unspecified atom stereocenters. The van der Waals surface area contributed by atoms with Crippen LogP contribution in [0.4, 0.5) is 0 Å². The summed E-state index contributed by atoms with van der Waals surface area (Å²) < 4.78 is 0. The molecule has 0 atom stereocenters. The van der Waals surface area contributed by atoms with Crippen LogP contribution in [0.2, 0.25) is 0 Å². The van der Waals surface area contributed by atoms with Gasteiger partial charge in [0.15, 0.2) is 0 Å². The standard InChI is InChI=1S/C8H16O3/c1-2-3-4-5-6-7-8-10-11-9/h1-8H2. The molecule has 0 aromatic heterocycles. The van der Waals surface area contributed by atoms with Gasteiger partial charge in [0.25, 0.3) is 0 Å². The summed E-state index contributed by atoms with van der Waals surface area (Å²) in [6.07, 6.45) is 6.63. The molecule has 0 N–H and O–H groups in total. The van der Waals surface area contributed by atoms with Gasteiger partial charge in [-0.05, 0) is 16.7 Å². The van der Waals surface area contributed by atoms with Gasteiger partial charge in [0, 0.05) is 0 Å². The van der Waals surface area contributed by atoms with Crippen molar-refractivity contribution in [3.8, 4) is 0 Å². The molecule has 11 heavy (non-hydrogen) atoms. The summed E-state index contributed by atoms with van der Waals surface area (Å²) in [5.74, 6) is 0. The van der Waals surface area contributed by atoms with Gasteiger partial charge in [-0.15, -0.1) is 0 Å². The van der Waals surface area contributed by atoms with Gasteiger partial charge >= 0.3 is 0 Å². The molecule has 0 aliphatic carbocycles. The van der Waals surface area contributed by atoms with Crippen molar-refractivity contribution in [2.45, 2.75) is 38.5 Å². The molecule has 0 saturated heterocycles. The van der Waals surface area contributed by atoms with Crippen molar-refractivity contribution in [2.24, 2.45) is 0 Å². The van der Waals surface area contributed by atoms with Crippen molar-refractivity contribution >= 4 is 0 Å². The third kappa shape index (κ3) is 9.88. The summed E-state index contributed by atoms with van der Waals surface area (Å²) in [6, 6.07) is 0. The van der Waals surface area contributed by atoms with E-state index in [4.69, 9.17) is 0 Å². The molecule has 0 fully saturated rings. The second-order valence-electron chi connectivity index (χ2n) is 2.51. The lowest BCUT2D eigenvalue weighted by molar-refractivity contribution is -0.527. The molecule has 0 spiro atoms. The number of hydrogen-bond donors (Lipinski definition) is 0. The lowest BCUT2D eigenvalue weighted by Crippen LogP contribution is -1.91. The van der Waals surface area contributed by atoms with Gasteiger partial charge in [-0.25, -0.2) is 4.89 Å². The number of unbranched alkanes of at least 4 members (excludes halogenated alkanes) is 5. The minimum absolute atomic E-state index is 0.411. The van der Waals surface area contributed by atoms with Crippen LogP contribution in [0, 0.1) is 6.92 Å². The third-order valence-electron chi connectivity index (χ3n) is 1.53. The largest absolute Gasteiger partial charge is 0.204 e. The molecule has 0 aliphatic heterocycles. The van der Waals surface area contributed by atoms with Crippen molar-refractivity contribution in [1.82, 2.24) is 0 Å². The molecule has 0 amide bonds. The maximum Gasteiger partial charge on any atom is 0.0855 e. The Morgan fingerprint density at radius 2 is 1.64 bits per heavy atom. The SMILES string of the molecule is [CH2]CCCCCCCOO[O]. The number of rotatable bonds is 8. The topological polar surface area (TPSA) is 38.4 Å². The highest BCUT2D eigenvalue weighted by atomic mass is 17.5. The van der Waals surface area contributed by atoms with Crippen LogP contribution in [-0.2, 0) is 15.2 Å². The number of hydrogen-bond acceptors (Lipinski definition) is 2. The zero-order valence-electron chi connectivity index (χ0n) is 6.88. The van der Waals surface area contributed by atoms with Gasteiger partial charge in [-0.2, -0.15) is 0 Å². The van der Waals surface area contributed by atoms with Crippen LogP contribution >= 0.6 is 0 Å². The Morgan fingerprint density at radius 1 is 1.00 bits per heavy atom. The van der Waals surface area contributed by atoms with Gasteiger partial charge < -0.3 is 0 Å². The molecule has 0 aromatic rings. The highest BCUT2D eigenvalue weighted by Crippen LogP contribution is 2.04. The van der Waals surface area contributed by atoms with Crippen LogP contribution in [0.1, 0.15) is 38.5 Å². The van der Waals surface area contributed by atoms with E-state index in [1.54, 1.807) is 0 Å². The lowest BCUT2D eigenvalue weighted by Gasteiger charge is -1.98. The Bertz CT molecular complexity index is 58.4. The summed E-state index contributed by atoms with van der Waals surface area (Å²) in [5, 5.41) is 12.5. The molecule has 0 aliphatic rings. The highest BCUT2D eigenvalue weighted by molar-refractivity contribution is 4.45. The lowest BCUT2D eigenvalue weighted by atomic mass is 10.1. The first kappa shape index (κ1) is 10.9. The van der Waals surface area contributed by atoms with Crippen molar-refractivity contribution in [3.63, 3.8) is 0 Å². The van der Waals surface area contributed by atoms with Crippen LogP contribution in [0.3, 0.4) is 0 Å². The fraction of sp³-hybridized carbons (Fsp3) is 0.875. The molecule has 0 rings (SSSR count). The second-order valence-corrected chi connectivity index (χ2v) is 2.51. The Morgan fingerprint density at radius 3 is 2.27 bits per heavy atom. The molecular weight excluding hydrogens is 144 g/mol. The van der Waals surface area contributed by atoms with Crippen molar-refractivity contribution in [2.75, 3.05) is 6.61 Å². The van der Waals surface area contributed by atoms with E-state index in [0.29, 0.717) is 6.61 Å². The zero-order chi connectivity index (χ0) is 8.36. The zero-order valence-corrected chi connectivity index (χ0v) is 6.88. The summed E-state index contributed by atoms with van der Waals surface area (Å²) in [7, 11) is 0. The normalized spacial score (nSPS) is 10.4. The summed E-state index contributed by atoms with van der Waals surface area (Å²) in [4.78, 5) is 4.17. The minimum atomic E-state index is 0.411. The van der Waals surface area contributed by atoms with E-state index in [9.17, 15) is 5.26 Å². The fourth-order valence-corrected chi connectivity index (χ4v) is 0.902. The van der Waals surface area contributed by atoms with Gasteiger partial charge in [0.1, 0.15) is 0 Å². The first-order valence-corrected chi connectivity index (χ1v) is 4.12. The fourth-order valence-electron chi connectivity index (χ4n) is 0.902. The third-order valence-corrected chi connectivity index (χ3v) is 1.53. The molecule has 0 saturated carbocycles. The molecular formula is C8H16O3. The van der Waals surface area contributed by atoms with Crippen molar-refractivity contribution < 1.29 is 15.2 Å². The quantitative estimate of drug-likeness (QED) is 0.311. The predicted octanol–water partition coefficient (Wildman–Crippen LogP) is 2.45. The van der Waals surface area contributed by atoms with E-state index in [-0.39, 0.29) is 0 Å². The van der Waals surface area contributed by atoms with E-state index in [2.05, 4.69) is 16.8 Å². The smallest absolute Gasteiger partial charge is 0.0855 e. The van der Waals surface area contributed by atoms with Gasteiger partial charge in [0.05, 0.1) is 6.61 Å². The average Bonchev–Trinajstić information content (AvgIpc) is 2.03. The molecule has 2 radical (unpaired) electrons. The monoisotopic (exact) mass is 160 g/mol. The maximum atomic E-state index is 9.33. The van der Waals surface area contributed by atoms with E-state index in [1.807, 2.05) is 0 Å². The molecule has 0 aromatic carbocycles. The van der Waals surface area contributed by atoms with Crippen molar-refractivity contribution in [3.05, 3.63) is 6.92 Å². The maximum absolute atomic E-state index is 9.33. The summed E-state index contributed by atoms with van der Waals surface area (Å²) >= 11 is 0. The van der Waals surface area contributed by atoms with Gasteiger partial charge in [-0.3, -0.25) is 0 Å². The van der Waals surface area contributed by atoms with E-state index in [1.165, 1.54) is 19.3 Å².